The van der Waals surface area contributed by atoms with Gasteiger partial charge in [0.2, 0.25) is 0 Å². The molecule has 0 atom stereocenters. The zero-order chi connectivity index (χ0) is 22.3. The number of methoxy groups -OCH3 is 1. The fourth-order valence-corrected chi connectivity index (χ4v) is 3.28. The molecule has 0 aliphatic carbocycles. The molecule has 0 radical (unpaired) electrons. The maximum Gasteiger partial charge on any atom is 0.322 e. The molecule has 0 saturated carbocycles. The number of pyridine rings is 1. The molecular weight excluding hydrogens is 386 g/mol. The molecule has 3 rings (SSSR count). The van der Waals surface area contributed by atoms with Gasteiger partial charge in [0.1, 0.15) is 5.75 Å². The summed E-state index contributed by atoms with van der Waals surface area (Å²) < 4.78 is 5.26. The molecule has 5 heteroatoms. The first kappa shape index (κ1) is 22.3. The van der Waals surface area contributed by atoms with Gasteiger partial charge in [-0.3, -0.25) is 4.98 Å². The normalized spacial score (nSPS) is 11.1. The van der Waals surface area contributed by atoms with Crippen molar-refractivity contribution in [1.29, 1.82) is 0 Å². The molecule has 162 valence electrons. The molecule has 3 aromatic rings. The van der Waals surface area contributed by atoms with Crippen molar-refractivity contribution < 1.29 is 9.53 Å². The van der Waals surface area contributed by atoms with Crippen LogP contribution < -0.4 is 10.1 Å². The number of rotatable bonds is 7. The van der Waals surface area contributed by atoms with E-state index in [1.807, 2.05) is 47.4 Å². The molecule has 0 saturated heterocycles. The van der Waals surface area contributed by atoms with Crippen LogP contribution in [0.2, 0.25) is 0 Å². The van der Waals surface area contributed by atoms with Crippen LogP contribution in [0.5, 0.6) is 5.75 Å². The lowest BCUT2D eigenvalue weighted by atomic mass is 9.87. The smallest absolute Gasteiger partial charge is 0.322 e. The van der Waals surface area contributed by atoms with E-state index in [0.717, 1.165) is 11.3 Å². The standard InChI is InChI=1S/C26H31N3O2/c1-26(2,3)21-13-11-20(12-14-21)19-29(17-15-22-8-5-6-16-27-22)25(30)28-23-9-7-10-24(18-23)31-4/h5-14,16,18H,15,17,19H2,1-4H3,(H,28,30). The van der Waals surface area contributed by atoms with E-state index in [2.05, 4.69) is 55.3 Å². The molecular formula is C26H31N3O2. The summed E-state index contributed by atoms with van der Waals surface area (Å²) in [7, 11) is 1.61. The highest BCUT2D eigenvalue weighted by molar-refractivity contribution is 5.89. The Labute approximate surface area is 185 Å². The molecule has 1 heterocycles. The van der Waals surface area contributed by atoms with Crippen molar-refractivity contribution in [3.8, 4) is 5.75 Å². The number of ether oxygens (including phenoxy) is 1. The van der Waals surface area contributed by atoms with Gasteiger partial charge in [0, 0.05) is 43.2 Å². The van der Waals surface area contributed by atoms with Crippen LogP contribution in [0, 0.1) is 0 Å². The van der Waals surface area contributed by atoms with E-state index in [1.54, 1.807) is 13.3 Å². The summed E-state index contributed by atoms with van der Waals surface area (Å²) in [6, 6.07) is 21.6. The first-order valence-electron chi connectivity index (χ1n) is 10.5. The Balaban J connectivity index is 1.75. The predicted octanol–water partition coefficient (Wildman–Crippen LogP) is 5.66. The van der Waals surface area contributed by atoms with Crippen molar-refractivity contribution in [3.05, 3.63) is 89.7 Å². The van der Waals surface area contributed by atoms with Gasteiger partial charge < -0.3 is 15.0 Å². The first-order chi connectivity index (χ1) is 14.8. The number of hydrogen-bond donors (Lipinski definition) is 1. The van der Waals surface area contributed by atoms with Crippen molar-refractivity contribution in [1.82, 2.24) is 9.88 Å². The highest BCUT2D eigenvalue weighted by Crippen LogP contribution is 2.23. The Morgan fingerprint density at radius 2 is 1.81 bits per heavy atom. The molecule has 0 bridgehead atoms. The van der Waals surface area contributed by atoms with Gasteiger partial charge in [-0.05, 0) is 40.8 Å². The zero-order valence-corrected chi connectivity index (χ0v) is 18.8. The van der Waals surface area contributed by atoms with Gasteiger partial charge in [-0.25, -0.2) is 4.79 Å². The average molecular weight is 418 g/mol. The summed E-state index contributed by atoms with van der Waals surface area (Å²) in [5.41, 5.74) is 4.13. The number of nitrogens with one attached hydrogen (secondary N) is 1. The summed E-state index contributed by atoms with van der Waals surface area (Å²) in [6.07, 6.45) is 2.47. The van der Waals surface area contributed by atoms with Gasteiger partial charge >= 0.3 is 6.03 Å². The topological polar surface area (TPSA) is 54.5 Å². The number of urea groups is 1. The molecule has 0 aliphatic rings. The van der Waals surface area contributed by atoms with Crippen molar-refractivity contribution in [3.63, 3.8) is 0 Å². The second kappa shape index (κ2) is 10.1. The van der Waals surface area contributed by atoms with E-state index in [4.69, 9.17) is 4.74 Å². The highest BCUT2D eigenvalue weighted by atomic mass is 16.5. The quantitative estimate of drug-likeness (QED) is 0.539. The lowest BCUT2D eigenvalue weighted by molar-refractivity contribution is 0.209. The molecule has 2 amide bonds. The monoisotopic (exact) mass is 417 g/mol. The zero-order valence-electron chi connectivity index (χ0n) is 18.8. The van der Waals surface area contributed by atoms with Crippen LogP contribution in [0.25, 0.3) is 0 Å². The van der Waals surface area contributed by atoms with Crippen LogP contribution in [0.15, 0.2) is 72.9 Å². The molecule has 0 aliphatic heterocycles. The number of hydrogen-bond acceptors (Lipinski definition) is 3. The van der Waals surface area contributed by atoms with Crippen LogP contribution in [-0.2, 0) is 18.4 Å². The third-order valence-electron chi connectivity index (χ3n) is 5.17. The average Bonchev–Trinajstić information content (AvgIpc) is 2.77. The molecule has 0 unspecified atom stereocenters. The van der Waals surface area contributed by atoms with E-state index in [0.29, 0.717) is 30.9 Å². The Morgan fingerprint density at radius 3 is 2.45 bits per heavy atom. The van der Waals surface area contributed by atoms with E-state index in [-0.39, 0.29) is 11.4 Å². The number of carbonyl (C=O) groups is 1. The van der Waals surface area contributed by atoms with Crippen molar-refractivity contribution in [2.75, 3.05) is 19.0 Å². The lowest BCUT2D eigenvalue weighted by Gasteiger charge is -2.24. The van der Waals surface area contributed by atoms with Gasteiger partial charge in [-0.1, -0.05) is 57.2 Å². The number of anilines is 1. The number of aromatic nitrogens is 1. The fraction of sp³-hybridized carbons (Fsp3) is 0.308. The minimum atomic E-state index is -0.149. The predicted molar refractivity (Wildman–Crippen MR) is 126 cm³/mol. The molecule has 2 aromatic carbocycles. The first-order valence-corrected chi connectivity index (χ1v) is 10.5. The van der Waals surface area contributed by atoms with Crippen molar-refractivity contribution >= 4 is 11.7 Å². The van der Waals surface area contributed by atoms with E-state index in [1.165, 1.54) is 5.56 Å². The van der Waals surface area contributed by atoms with Gasteiger partial charge in [0.25, 0.3) is 0 Å². The van der Waals surface area contributed by atoms with Crippen molar-refractivity contribution in [2.45, 2.75) is 39.2 Å². The van der Waals surface area contributed by atoms with Gasteiger partial charge in [-0.2, -0.15) is 0 Å². The van der Waals surface area contributed by atoms with Crippen LogP contribution in [-0.4, -0.2) is 29.6 Å². The molecule has 1 aromatic heterocycles. The van der Waals surface area contributed by atoms with Crippen LogP contribution in [0.4, 0.5) is 10.5 Å². The Bertz CT molecular complexity index is 980. The van der Waals surface area contributed by atoms with Crippen LogP contribution in [0.1, 0.15) is 37.6 Å². The fourth-order valence-electron chi connectivity index (χ4n) is 3.28. The summed E-state index contributed by atoms with van der Waals surface area (Å²) in [5, 5.41) is 3.00. The molecule has 5 nitrogen and oxygen atoms in total. The maximum atomic E-state index is 13.1. The van der Waals surface area contributed by atoms with E-state index >= 15 is 0 Å². The number of carbonyl (C=O) groups excluding carboxylic acids is 1. The summed E-state index contributed by atoms with van der Waals surface area (Å²) in [5.74, 6) is 0.704. The van der Waals surface area contributed by atoms with E-state index < -0.39 is 0 Å². The lowest BCUT2D eigenvalue weighted by Crippen LogP contribution is -2.36. The molecule has 1 N–H and O–H groups in total. The summed E-state index contributed by atoms with van der Waals surface area (Å²) in [6.45, 7) is 7.68. The summed E-state index contributed by atoms with van der Waals surface area (Å²) >= 11 is 0. The van der Waals surface area contributed by atoms with Gasteiger partial charge in [0.05, 0.1) is 7.11 Å². The largest absolute Gasteiger partial charge is 0.497 e. The van der Waals surface area contributed by atoms with Crippen LogP contribution in [0.3, 0.4) is 0 Å². The number of amides is 2. The second-order valence-electron chi connectivity index (χ2n) is 8.60. The van der Waals surface area contributed by atoms with Gasteiger partial charge in [0.15, 0.2) is 0 Å². The minimum absolute atomic E-state index is 0.0982. The second-order valence-corrected chi connectivity index (χ2v) is 8.60. The molecule has 0 fully saturated rings. The van der Waals surface area contributed by atoms with Crippen LogP contribution >= 0.6 is 0 Å². The summed E-state index contributed by atoms with van der Waals surface area (Å²) in [4.78, 5) is 19.3. The Hall–Kier alpha value is -3.34. The van der Waals surface area contributed by atoms with Gasteiger partial charge in [-0.15, -0.1) is 0 Å². The molecule has 31 heavy (non-hydrogen) atoms. The maximum absolute atomic E-state index is 13.1. The molecule has 0 spiro atoms. The number of benzene rings is 2. The third-order valence-corrected chi connectivity index (χ3v) is 5.17. The van der Waals surface area contributed by atoms with E-state index in [9.17, 15) is 4.79 Å². The Morgan fingerprint density at radius 1 is 1.03 bits per heavy atom. The minimum Gasteiger partial charge on any atom is -0.497 e. The third kappa shape index (κ3) is 6.57. The Kier molecular flexibility index (Phi) is 7.29. The highest BCUT2D eigenvalue weighted by Gasteiger charge is 2.17. The number of nitrogens with zero attached hydrogens (tertiary/aromatic N) is 2. The van der Waals surface area contributed by atoms with Crippen molar-refractivity contribution in [2.24, 2.45) is 0 Å². The SMILES string of the molecule is COc1cccc(NC(=O)N(CCc2ccccn2)Cc2ccc(C(C)(C)C)cc2)c1.